The smallest absolute Gasteiger partial charge is 0.251 e. The molecule has 1 rings (SSSR count). The first-order valence-electron chi connectivity index (χ1n) is 8.55. The third-order valence-corrected chi connectivity index (χ3v) is 4.12. The number of amides is 2. The zero-order valence-corrected chi connectivity index (χ0v) is 15.3. The minimum absolute atomic E-state index is 0.0190. The van der Waals surface area contributed by atoms with Crippen molar-refractivity contribution >= 4 is 11.8 Å². The molecule has 5 nitrogen and oxygen atoms in total. The lowest BCUT2D eigenvalue weighted by Crippen LogP contribution is -2.53. The second-order valence-electron chi connectivity index (χ2n) is 6.93. The van der Waals surface area contributed by atoms with Gasteiger partial charge in [0.15, 0.2) is 0 Å². The summed E-state index contributed by atoms with van der Waals surface area (Å²) in [7, 11) is 0. The van der Waals surface area contributed by atoms with Gasteiger partial charge in [-0.3, -0.25) is 9.59 Å². The van der Waals surface area contributed by atoms with Gasteiger partial charge in [-0.2, -0.15) is 0 Å². The molecule has 0 bridgehead atoms. The molecule has 0 aromatic heterocycles. The van der Waals surface area contributed by atoms with Gasteiger partial charge in [0.1, 0.15) is 6.04 Å². The Kier molecular flexibility index (Phi) is 7.92. The van der Waals surface area contributed by atoms with Crippen molar-refractivity contribution in [3.8, 4) is 0 Å². The second-order valence-corrected chi connectivity index (χ2v) is 6.93. The van der Waals surface area contributed by atoms with Gasteiger partial charge in [-0.15, -0.1) is 0 Å². The molecular weight excluding hydrogens is 304 g/mol. The van der Waals surface area contributed by atoms with E-state index >= 15 is 0 Å². The average molecular weight is 334 g/mol. The van der Waals surface area contributed by atoms with Crippen LogP contribution >= 0.6 is 0 Å². The summed E-state index contributed by atoms with van der Waals surface area (Å²) in [5.41, 5.74) is 1.61. The molecule has 3 N–H and O–H groups in total. The topological polar surface area (TPSA) is 78.4 Å². The fourth-order valence-corrected chi connectivity index (χ4v) is 2.45. The van der Waals surface area contributed by atoms with Gasteiger partial charge in [0.05, 0.1) is 0 Å². The van der Waals surface area contributed by atoms with Gasteiger partial charge in [-0.05, 0) is 37.3 Å². The molecule has 0 radical (unpaired) electrons. The normalized spacial score (nSPS) is 13.7. The van der Waals surface area contributed by atoms with E-state index in [0.717, 1.165) is 5.56 Å². The average Bonchev–Trinajstić information content (AvgIpc) is 2.52. The molecule has 0 saturated heterocycles. The Hall–Kier alpha value is -1.88. The molecule has 1 aromatic rings. The number of aliphatic hydroxyl groups excluding tert-OH is 1. The van der Waals surface area contributed by atoms with Crippen LogP contribution < -0.4 is 10.6 Å². The van der Waals surface area contributed by atoms with Crippen molar-refractivity contribution in [2.45, 2.75) is 53.1 Å². The summed E-state index contributed by atoms with van der Waals surface area (Å²) in [5.74, 6) is -0.298. The predicted molar refractivity (Wildman–Crippen MR) is 95.7 cm³/mol. The van der Waals surface area contributed by atoms with Crippen LogP contribution in [0.4, 0.5) is 0 Å². The molecule has 2 atom stereocenters. The molecule has 0 saturated carbocycles. The lowest BCUT2D eigenvalue weighted by atomic mass is 9.98. The molecule has 0 heterocycles. The van der Waals surface area contributed by atoms with Crippen LogP contribution in [0, 0.1) is 18.8 Å². The quantitative estimate of drug-likeness (QED) is 0.682. The summed E-state index contributed by atoms with van der Waals surface area (Å²) in [6.45, 7) is 9.77. The van der Waals surface area contributed by atoms with E-state index in [-0.39, 0.29) is 36.3 Å². The second kappa shape index (κ2) is 9.42. The summed E-state index contributed by atoms with van der Waals surface area (Å²) in [5, 5.41) is 14.9. The van der Waals surface area contributed by atoms with Crippen molar-refractivity contribution in [3.63, 3.8) is 0 Å². The zero-order chi connectivity index (χ0) is 18.3. The van der Waals surface area contributed by atoms with Crippen LogP contribution in [-0.2, 0) is 4.79 Å². The van der Waals surface area contributed by atoms with E-state index in [1.807, 2.05) is 46.8 Å². The van der Waals surface area contributed by atoms with Crippen LogP contribution in [0.3, 0.4) is 0 Å². The molecule has 0 aliphatic carbocycles. The van der Waals surface area contributed by atoms with Crippen molar-refractivity contribution in [1.82, 2.24) is 10.6 Å². The highest BCUT2D eigenvalue weighted by Gasteiger charge is 2.27. The summed E-state index contributed by atoms with van der Waals surface area (Å²) >= 11 is 0. The van der Waals surface area contributed by atoms with E-state index < -0.39 is 6.04 Å². The Morgan fingerprint density at radius 3 is 2.04 bits per heavy atom. The van der Waals surface area contributed by atoms with Gasteiger partial charge >= 0.3 is 0 Å². The summed E-state index contributed by atoms with van der Waals surface area (Å²) in [6, 6.07) is 6.52. The number of nitrogens with one attached hydrogen (secondary N) is 2. The van der Waals surface area contributed by atoms with Gasteiger partial charge in [-0.25, -0.2) is 0 Å². The highest BCUT2D eigenvalue weighted by Crippen LogP contribution is 2.10. The zero-order valence-electron chi connectivity index (χ0n) is 15.3. The maximum absolute atomic E-state index is 12.6. The van der Waals surface area contributed by atoms with Gasteiger partial charge < -0.3 is 15.7 Å². The van der Waals surface area contributed by atoms with Gasteiger partial charge in [0, 0.05) is 18.2 Å². The van der Waals surface area contributed by atoms with E-state index in [1.54, 1.807) is 12.1 Å². The van der Waals surface area contributed by atoms with E-state index in [0.29, 0.717) is 12.0 Å². The van der Waals surface area contributed by atoms with Crippen LogP contribution in [0.5, 0.6) is 0 Å². The molecule has 0 aliphatic heterocycles. The third-order valence-electron chi connectivity index (χ3n) is 4.12. The van der Waals surface area contributed by atoms with Gasteiger partial charge in [0.25, 0.3) is 5.91 Å². The molecule has 2 unspecified atom stereocenters. The maximum atomic E-state index is 12.6. The number of benzene rings is 1. The van der Waals surface area contributed by atoms with Crippen molar-refractivity contribution in [2.75, 3.05) is 6.61 Å². The summed E-state index contributed by atoms with van der Waals surface area (Å²) in [6.07, 6.45) is 0.500. The van der Waals surface area contributed by atoms with Crippen LogP contribution in [-0.4, -0.2) is 35.6 Å². The minimum Gasteiger partial charge on any atom is -0.396 e. The number of carbonyl (C=O) groups is 2. The number of aliphatic hydroxyl groups is 1. The summed E-state index contributed by atoms with van der Waals surface area (Å²) in [4.78, 5) is 25.0. The molecule has 1 aromatic carbocycles. The molecule has 134 valence electrons. The predicted octanol–water partition coefficient (Wildman–Crippen LogP) is 2.27. The monoisotopic (exact) mass is 334 g/mol. The van der Waals surface area contributed by atoms with Crippen molar-refractivity contribution in [1.29, 1.82) is 0 Å². The number of rotatable bonds is 8. The Labute approximate surface area is 144 Å². The third kappa shape index (κ3) is 5.96. The summed E-state index contributed by atoms with van der Waals surface area (Å²) < 4.78 is 0. The Balaban J connectivity index is 2.80. The van der Waals surface area contributed by atoms with Gasteiger partial charge in [-0.1, -0.05) is 45.4 Å². The minimum atomic E-state index is -0.612. The molecule has 24 heavy (non-hydrogen) atoms. The highest BCUT2D eigenvalue weighted by atomic mass is 16.3. The number of hydrogen-bond donors (Lipinski definition) is 3. The van der Waals surface area contributed by atoms with E-state index in [9.17, 15) is 9.59 Å². The highest BCUT2D eigenvalue weighted by molar-refractivity contribution is 5.97. The first-order chi connectivity index (χ1) is 11.3. The lowest BCUT2D eigenvalue weighted by molar-refractivity contribution is -0.125. The first kappa shape index (κ1) is 20.2. The molecular formula is C19H30N2O3. The molecule has 0 fully saturated rings. The SMILES string of the molecule is Cc1ccc(C(=O)NC(C(=O)NC(CCO)C(C)C)C(C)C)cc1. The fraction of sp³-hybridized carbons (Fsp3) is 0.579. The van der Waals surface area contributed by atoms with Crippen molar-refractivity contribution in [2.24, 2.45) is 11.8 Å². The van der Waals surface area contributed by atoms with E-state index in [2.05, 4.69) is 10.6 Å². The molecule has 0 aliphatic rings. The van der Waals surface area contributed by atoms with Gasteiger partial charge in [0.2, 0.25) is 5.91 Å². The maximum Gasteiger partial charge on any atom is 0.251 e. The van der Waals surface area contributed by atoms with E-state index in [1.165, 1.54) is 0 Å². The first-order valence-corrected chi connectivity index (χ1v) is 8.55. The molecule has 5 heteroatoms. The van der Waals surface area contributed by atoms with Crippen LogP contribution in [0.1, 0.15) is 50.0 Å². The molecule has 2 amide bonds. The molecule has 0 spiro atoms. The Morgan fingerprint density at radius 2 is 1.58 bits per heavy atom. The lowest BCUT2D eigenvalue weighted by Gasteiger charge is -2.27. The Morgan fingerprint density at radius 1 is 1.00 bits per heavy atom. The van der Waals surface area contributed by atoms with Crippen LogP contribution in [0.25, 0.3) is 0 Å². The number of hydrogen-bond acceptors (Lipinski definition) is 3. The largest absolute Gasteiger partial charge is 0.396 e. The van der Waals surface area contributed by atoms with Crippen molar-refractivity contribution < 1.29 is 14.7 Å². The van der Waals surface area contributed by atoms with E-state index in [4.69, 9.17) is 5.11 Å². The fourth-order valence-electron chi connectivity index (χ4n) is 2.45. The van der Waals surface area contributed by atoms with Crippen molar-refractivity contribution in [3.05, 3.63) is 35.4 Å². The number of aryl methyl sites for hydroxylation is 1. The van der Waals surface area contributed by atoms with Crippen LogP contribution in [0.2, 0.25) is 0 Å². The number of carbonyl (C=O) groups excluding carboxylic acids is 2. The standard InChI is InChI=1S/C19H30N2O3/c1-12(2)16(10-11-22)20-19(24)17(13(3)4)21-18(23)15-8-6-14(5)7-9-15/h6-9,12-13,16-17,22H,10-11H2,1-5H3,(H,20,24)(H,21,23). The Bertz CT molecular complexity index is 538. The van der Waals surface area contributed by atoms with Crippen LogP contribution in [0.15, 0.2) is 24.3 Å².